The van der Waals surface area contributed by atoms with Gasteiger partial charge in [0, 0.05) is 6.54 Å². The first kappa shape index (κ1) is 16.9. The van der Waals surface area contributed by atoms with Gasteiger partial charge in [0.2, 0.25) is 0 Å². The van der Waals surface area contributed by atoms with Crippen LogP contribution in [0, 0.1) is 18.7 Å². The van der Waals surface area contributed by atoms with E-state index in [4.69, 9.17) is 16.1 Å². The molecule has 1 atom stereocenters. The fourth-order valence-electron chi connectivity index (χ4n) is 2.97. The molecule has 0 radical (unpaired) electrons. The second kappa shape index (κ2) is 7.32. The molecular formula is C17H19ClFN3O2. The third kappa shape index (κ3) is 3.44. The average Bonchev–Trinajstić information content (AvgIpc) is 3.17. The van der Waals surface area contributed by atoms with Crippen molar-refractivity contribution < 1.29 is 13.7 Å². The van der Waals surface area contributed by atoms with E-state index in [2.05, 4.69) is 15.8 Å². The van der Waals surface area contributed by atoms with Gasteiger partial charge < -0.3 is 15.2 Å². The van der Waals surface area contributed by atoms with Crippen molar-refractivity contribution in [1.29, 1.82) is 0 Å². The topological polar surface area (TPSA) is 67.2 Å². The molecule has 0 spiro atoms. The van der Waals surface area contributed by atoms with Crippen LogP contribution in [0.4, 0.5) is 4.39 Å². The summed E-state index contributed by atoms with van der Waals surface area (Å²) in [5, 5.41) is 10.2. The molecular weight excluding hydrogens is 333 g/mol. The van der Waals surface area contributed by atoms with Gasteiger partial charge in [-0.3, -0.25) is 4.79 Å². The number of amides is 1. The predicted molar refractivity (Wildman–Crippen MR) is 89.6 cm³/mol. The molecule has 0 bridgehead atoms. The zero-order chi connectivity index (χ0) is 17.1. The van der Waals surface area contributed by atoms with Crippen LogP contribution in [0.2, 0.25) is 5.02 Å². The molecule has 1 aliphatic heterocycles. The normalized spacial score (nSPS) is 17.2. The summed E-state index contributed by atoms with van der Waals surface area (Å²) in [4.78, 5) is 12.5. The molecule has 1 aliphatic rings. The lowest BCUT2D eigenvalue weighted by molar-refractivity contribution is 0.0950. The van der Waals surface area contributed by atoms with Crippen molar-refractivity contribution in [3.63, 3.8) is 0 Å². The summed E-state index contributed by atoms with van der Waals surface area (Å²) >= 11 is 6.08. The molecule has 0 saturated carbocycles. The van der Waals surface area contributed by atoms with Crippen molar-refractivity contribution in [1.82, 2.24) is 15.8 Å². The molecule has 128 valence electrons. The molecule has 1 fully saturated rings. The first-order valence-electron chi connectivity index (χ1n) is 7.97. The first-order valence-corrected chi connectivity index (χ1v) is 8.35. The van der Waals surface area contributed by atoms with E-state index in [0.29, 0.717) is 18.2 Å². The number of nitrogens with zero attached hydrogens (tertiary/aromatic N) is 1. The second-order valence-electron chi connectivity index (χ2n) is 5.96. The fraction of sp³-hybridized carbons (Fsp3) is 0.412. The Kier molecular flexibility index (Phi) is 5.16. The highest BCUT2D eigenvalue weighted by atomic mass is 35.5. The van der Waals surface area contributed by atoms with Crippen LogP contribution < -0.4 is 10.6 Å². The third-order valence-corrected chi connectivity index (χ3v) is 4.60. The molecule has 2 N–H and O–H groups in total. The number of carbonyl (C=O) groups excluding carboxylic acids is 1. The molecule has 24 heavy (non-hydrogen) atoms. The Labute approximate surface area is 144 Å². The summed E-state index contributed by atoms with van der Waals surface area (Å²) in [6, 6.07) is 4.34. The number of hydrogen-bond donors (Lipinski definition) is 2. The van der Waals surface area contributed by atoms with Gasteiger partial charge in [-0.25, -0.2) is 4.39 Å². The minimum absolute atomic E-state index is 0.0844. The molecule has 2 heterocycles. The minimum atomic E-state index is -0.540. The highest BCUT2D eigenvalue weighted by molar-refractivity contribution is 6.33. The summed E-state index contributed by atoms with van der Waals surface area (Å²) < 4.78 is 19.3. The van der Waals surface area contributed by atoms with E-state index in [9.17, 15) is 9.18 Å². The van der Waals surface area contributed by atoms with Crippen LogP contribution in [-0.4, -0.2) is 30.7 Å². The van der Waals surface area contributed by atoms with Crippen LogP contribution >= 0.6 is 11.6 Å². The van der Waals surface area contributed by atoms with Crippen LogP contribution in [0.15, 0.2) is 22.7 Å². The van der Waals surface area contributed by atoms with Gasteiger partial charge in [0.05, 0.1) is 10.6 Å². The molecule has 0 aliphatic carbocycles. The zero-order valence-electron chi connectivity index (χ0n) is 13.4. The smallest absolute Gasteiger partial charge is 0.257 e. The monoisotopic (exact) mass is 351 g/mol. The van der Waals surface area contributed by atoms with E-state index in [1.165, 1.54) is 12.1 Å². The highest BCUT2D eigenvalue weighted by Crippen LogP contribution is 2.33. The van der Waals surface area contributed by atoms with Gasteiger partial charge in [-0.1, -0.05) is 22.8 Å². The summed E-state index contributed by atoms with van der Waals surface area (Å²) in [5.74, 6) is 0.0506. The van der Waals surface area contributed by atoms with Gasteiger partial charge in [0.1, 0.15) is 22.8 Å². The third-order valence-electron chi connectivity index (χ3n) is 4.29. The summed E-state index contributed by atoms with van der Waals surface area (Å²) in [5.41, 5.74) is 0.448. The van der Waals surface area contributed by atoms with E-state index in [1.807, 2.05) is 0 Å². The standard InChI is InChI=1S/C17H19ClFN3O2/c1-10-14(17(23)21-8-6-11-5-7-20-9-11)16(22-24-10)15-12(18)3-2-4-13(15)19/h2-4,11,20H,5-9H2,1H3,(H,21,23). The molecule has 1 aromatic carbocycles. The number of aryl methyl sites for hydroxylation is 1. The van der Waals surface area contributed by atoms with Crippen LogP contribution in [0.5, 0.6) is 0 Å². The van der Waals surface area contributed by atoms with E-state index in [0.717, 1.165) is 25.9 Å². The average molecular weight is 352 g/mol. The minimum Gasteiger partial charge on any atom is -0.360 e. The van der Waals surface area contributed by atoms with Crippen molar-refractivity contribution >= 4 is 17.5 Å². The lowest BCUT2D eigenvalue weighted by Crippen LogP contribution is -2.27. The van der Waals surface area contributed by atoms with Crippen molar-refractivity contribution in [2.24, 2.45) is 5.92 Å². The van der Waals surface area contributed by atoms with Gasteiger partial charge in [0.25, 0.3) is 5.91 Å². The summed E-state index contributed by atoms with van der Waals surface area (Å²) in [7, 11) is 0. The van der Waals surface area contributed by atoms with E-state index in [-0.39, 0.29) is 27.8 Å². The van der Waals surface area contributed by atoms with Crippen LogP contribution in [-0.2, 0) is 0 Å². The van der Waals surface area contributed by atoms with E-state index < -0.39 is 5.82 Å². The van der Waals surface area contributed by atoms with Gasteiger partial charge >= 0.3 is 0 Å². The number of aromatic nitrogens is 1. The van der Waals surface area contributed by atoms with E-state index >= 15 is 0 Å². The maximum Gasteiger partial charge on any atom is 0.257 e. The van der Waals surface area contributed by atoms with Crippen LogP contribution in [0.25, 0.3) is 11.3 Å². The molecule has 2 aromatic rings. The largest absolute Gasteiger partial charge is 0.360 e. The zero-order valence-corrected chi connectivity index (χ0v) is 14.1. The van der Waals surface area contributed by atoms with Crippen molar-refractivity contribution in [3.05, 3.63) is 40.4 Å². The Hall–Kier alpha value is -1.92. The number of halogens is 2. The maximum absolute atomic E-state index is 14.1. The lowest BCUT2D eigenvalue weighted by atomic mass is 10.0. The second-order valence-corrected chi connectivity index (χ2v) is 6.37. The predicted octanol–water partition coefficient (Wildman–Crippen LogP) is 3.17. The highest BCUT2D eigenvalue weighted by Gasteiger charge is 2.25. The molecule has 1 aromatic heterocycles. The number of rotatable bonds is 5. The number of benzene rings is 1. The summed E-state index contributed by atoms with van der Waals surface area (Å²) in [6.45, 7) is 4.19. The molecule has 3 rings (SSSR count). The van der Waals surface area contributed by atoms with Crippen LogP contribution in [0.3, 0.4) is 0 Å². The number of nitrogens with one attached hydrogen (secondary N) is 2. The molecule has 1 saturated heterocycles. The summed E-state index contributed by atoms with van der Waals surface area (Å²) in [6.07, 6.45) is 2.02. The lowest BCUT2D eigenvalue weighted by Gasteiger charge is -2.10. The van der Waals surface area contributed by atoms with Gasteiger partial charge in [-0.15, -0.1) is 0 Å². The number of hydrogen-bond acceptors (Lipinski definition) is 4. The quantitative estimate of drug-likeness (QED) is 0.868. The Morgan fingerprint density at radius 1 is 1.54 bits per heavy atom. The molecule has 5 nitrogen and oxygen atoms in total. The Balaban J connectivity index is 1.78. The van der Waals surface area contributed by atoms with E-state index in [1.54, 1.807) is 13.0 Å². The van der Waals surface area contributed by atoms with Gasteiger partial charge in [0.15, 0.2) is 0 Å². The molecule has 7 heteroatoms. The van der Waals surface area contributed by atoms with Crippen molar-refractivity contribution in [3.8, 4) is 11.3 Å². The maximum atomic E-state index is 14.1. The Bertz CT molecular complexity index is 721. The SMILES string of the molecule is Cc1onc(-c2c(F)cccc2Cl)c1C(=O)NCCC1CCNC1. The Morgan fingerprint density at radius 3 is 3.08 bits per heavy atom. The fourth-order valence-corrected chi connectivity index (χ4v) is 3.23. The number of carbonyl (C=O) groups is 1. The van der Waals surface area contributed by atoms with Crippen molar-refractivity contribution in [2.75, 3.05) is 19.6 Å². The first-order chi connectivity index (χ1) is 11.6. The van der Waals surface area contributed by atoms with Gasteiger partial charge in [-0.2, -0.15) is 0 Å². The molecule has 1 amide bonds. The molecule has 1 unspecified atom stereocenters. The van der Waals surface area contributed by atoms with Crippen LogP contribution in [0.1, 0.15) is 29.0 Å². The van der Waals surface area contributed by atoms with Crippen molar-refractivity contribution in [2.45, 2.75) is 19.8 Å². The van der Waals surface area contributed by atoms with Gasteiger partial charge in [-0.05, 0) is 50.9 Å². The Morgan fingerprint density at radius 2 is 2.38 bits per heavy atom.